The zero-order chi connectivity index (χ0) is 9.90. The van der Waals surface area contributed by atoms with Crippen molar-refractivity contribution in [2.75, 3.05) is 5.32 Å². The molecule has 1 radical (unpaired) electrons. The SMILES string of the molecule is C=[C]Nc1ccc(C(F)(F)F)cc1. The summed E-state index contributed by atoms with van der Waals surface area (Å²) < 4.78 is 36.2. The molecule has 1 aromatic rings. The molecule has 0 aromatic heterocycles. The van der Waals surface area contributed by atoms with E-state index in [1.165, 1.54) is 12.1 Å². The lowest BCUT2D eigenvalue weighted by atomic mass is 10.2. The molecule has 4 heteroatoms. The predicted molar refractivity (Wildman–Crippen MR) is 43.9 cm³/mol. The summed E-state index contributed by atoms with van der Waals surface area (Å²) in [5, 5.41) is 2.56. The number of hydrogen-bond acceptors (Lipinski definition) is 1. The Bertz CT molecular complexity index is 287. The average Bonchev–Trinajstić information content (AvgIpc) is 2.04. The molecule has 0 heterocycles. The highest BCUT2D eigenvalue weighted by atomic mass is 19.4. The smallest absolute Gasteiger partial charge is 0.354 e. The normalized spacial score (nSPS) is 11.0. The van der Waals surface area contributed by atoms with Crippen molar-refractivity contribution in [3.63, 3.8) is 0 Å². The average molecular weight is 186 g/mol. The van der Waals surface area contributed by atoms with Gasteiger partial charge in [0.1, 0.15) is 0 Å². The fourth-order valence-electron chi connectivity index (χ4n) is 0.845. The van der Waals surface area contributed by atoms with Gasteiger partial charge in [0.2, 0.25) is 0 Å². The van der Waals surface area contributed by atoms with E-state index in [-0.39, 0.29) is 0 Å². The maximum Gasteiger partial charge on any atom is 0.416 e. The number of benzene rings is 1. The molecule has 0 unspecified atom stereocenters. The van der Waals surface area contributed by atoms with E-state index in [0.717, 1.165) is 12.1 Å². The van der Waals surface area contributed by atoms with Gasteiger partial charge in [-0.15, -0.1) is 0 Å². The van der Waals surface area contributed by atoms with Crippen LogP contribution in [-0.2, 0) is 6.18 Å². The molecular formula is C9H7F3N. The van der Waals surface area contributed by atoms with Crippen LogP contribution in [0.25, 0.3) is 0 Å². The fraction of sp³-hybridized carbons (Fsp3) is 0.111. The highest BCUT2D eigenvalue weighted by Gasteiger charge is 2.29. The lowest BCUT2D eigenvalue weighted by Gasteiger charge is -2.06. The van der Waals surface area contributed by atoms with Gasteiger partial charge in [-0.25, -0.2) is 0 Å². The summed E-state index contributed by atoms with van der Waals surface area (Å²) in [5.74, 6) is 0. The lowest BCUT2D eigenvalue weighted by molar-refractivity contribution is -0.137. The minimum Gasteiger partial charge on any atom is -0.354 e. The van der Waals surface area contributed by atoms with Crippen molar-refractivity contribution in [1.82, 2.24) is 0 Å². The van der Waals surface area contributed by atoms with E-state index in [4.69, 9.17) is 0 Å². The van der Waals surface area contributed by atoms with Gasteiger partial charge in [-0.3, -0.25) is 0 Å². The van der Waals surface area contributed by atoms with Gasteiger partial charge in [0.15, 0.2) is 0 Å². The van der Waals surface area contributed by atoms with E-state index in [1.54, 1.807) is 0 Å². The van der Waals surface area contributed by atoms with Crippen LogP contribution in [-0.4, -0.2) is 0 Å². The van der Waals surface area contributed by atoms with Gasteiger partial charge >= 0.3 is 6.18 Å². The van der Waals surface area contributed by atoms with Crippen LogP contribution in [0.4, 0.5) is 18.9 Å². The van der Waals surface area contributed by atoms with Crippen molar-refractivity contribution >= 4 is 5.69 Å². The largest absolute Gasteiger partial charge is 0.416 e. The standard InChI is InChI=1S/C9H7F3N/c1-2-13-8-5-3-7(4-6-8)9(10,11)12/h3-6,13H,1H2. The van der Waals surface area contributed by atoms with E-state index < -0.39 is 11.7 Å². The molecular weight excluding hydrogens is 179 g/mol. The van der Waals surface area contributed by atoms with Crippen LogP contribution in [0.1, 0.15) is 5.56 Å². The zero-order valence-corrected chi connectivity index (χ0v) is 6.65. The van der Waals surface area contributed by atoms with Crippen LogP contribution < -0.4 is 5.32 Å². The first-order valence-corrected chi connectivity index (χ1v) is 3.49. The zero-order valence-electron chi connectivity index (χ0n) is 6.65. The monoisotopic (exact) mass is 186 g/mol. The topological polar surface area (TPSA) is 12.0 Å². The highest BCUT2D eigenvalue weighted by molar-refractivity contribution is 5.45. The first kappa shape index (κ1) is 9.64. The highest BCUT2D eigenvalue weighted by Crippen LogP contribution is 2.29. The lowest BCUT2D eigenvalue weighted by Crippen LogP contribution is -2.04. The molecule has 0 saturated heterocycles. The third-order valence-corrected chi connectivity index (χ3v) is 1.44. The molecule has 0 fully saturated rings. The van der Waals surface area contributed by atoms with Gasteiger partial charge in [0, 0.05) is 5.69 Å². The summed E-state index contributed by atoms with van der Waals surface area (Å²) in [4.78, 5) is 0. The van der Waals surface area contributed by atoms with Gasteiger partial charge in [-0.05, 0) is 24.3 Å². The van der Waals surface area contributed by atoms with Crippen LogP contribution in [0.3, 0.4) is 0 Å². The number of rotatable bonds is 2. The summed E-state index contributed by atoms with van der Waals surface area (Å²) in [6.45, 7) is 3.27. The molecule has 1 aromatic carbocycles. The first-order valence-electron chi connectivity index (χ1n) is 3.49. The third-order valence-electron chi connectivity index (χ3n) is 1.44. The Labute approximate surface area is 73.9 Å². The summed E-state index contributed by atoms with van der Waals surface area (Å²) in [6.07, 6.45) is -1.92. The van der Waals surface area contributed by atoms with Crippen LogP contribution in [0.2, 0.25) is 0 Å². The Morgan fingerprint density at radius 1 is 1.15 bits per heavy atom. The summed E-state index contributed by atoms with van der Waals surface area (Å²) >= 11 is 0. The van der Waals surface area contributed by atoms with Gasteiger partial charge in [-0.1, -0.05) is 6.58 Å². The van der Waals surface area contributed by atoms with Crippen molar-refractivity contribution in [3.05, 3.63) is 42.6 Å². The van der Waals surface area contributed by atoms with Crippen LogP contribution in [0.15, 0.2) is 30.8 Å². The quantitative estimate of drug-likeness (QED) is 0.700. The molecule has 69 valence electrons. The van der Waals surface area contributed by atoms with E-state index in [0.29, 0.717) is 5.69 Å². The molecule has 13 heavy (non-hydrogen) atoms. The minimum atomic E-state index is -4.28. The van der Waals surface area contributed by atoms with E-state index in [2.05, 4.69) is 18.1 Å². The maximum absolute atomic E-state index is 12.1. The van der Waals surface area contributed by atoms with Crippen LogP contribution in [0.5, 0.6) is 0 Å². The van der Waals surface area contributed by atoms with Crippen molar-refractivity contribution in [2.24, 2.45) is 0 Å². The molecule has 0 aliphatic heterocycles. The van der Waals surface area contributed by atoms with E-state index in [9.17, 15) is 13.2 Å². The summed E-state index contributed by atoms with van der Waals surface area (Å²) in [6, 6.07) is 4.64. The number of anilines is 1. The Kier molecular flexibility index (Phi) is 2.60. The Balaban J connectivity index is 2.87. The van der Waals surface area contributed by atoms with E-state index in [1.807, 2.05) is 0 Å². The number of nitrogens with one attached hydrogen (secondary N) is 1. The number of hydrogen-bond donors (Lipinski definition) is 1. The second-order valence-corrected chi connectivity index (χ2v) is 2.38. The van der Waals surface area contributed by atoms with Gasteiger partial charge in [0.05, 0.1) is 11.8 Å². The molecule has 0 saturated carbocycles. The summed E-state index contributed by atoms with van der Waals surface area (Å²) in [7, 11) is 0. The van der Waals surface area contributed by atoms with Gasteiger partial charge in [-0.2, -0.15) is 13.2 Å². The van der Waals surface area contributed by atoms with Crippen molar-refractivity contribution < 1.29 is 13.2 Å². The molecule has 0 spiro atoms. The van der Waals surface area contributed by atoms with Crippen molar-refractivity contribution in [2.45, 2.75) is 6.18 Å². The molecule has 0 bridgehead atoms. The van der Waals surface area contributed by atoms with Crippen molar-refractivity contribution in [3.8, 4) is 0 Å². The second kappa shape index (κ2) is 3.51. The molecule has 0 amide bonds. The fourth-order valence-corrected chi connectivity index (χ4v) is 0.845. The van der Waals surface area contributed by atoms with E-state index >= 15 is 0 Å². The molecule has 1 N–H and O–H groups in total. The molecule has 0 aliphatic carbocycles. The van der Waals surface area contributed by atoms with Crippen molar-refractivity contribution in [1.29, 1.82) is 0 Å². The Hall–Kier alpha value is -1.45. The molecule has 0 aliphatic rings. The Morgan fingerprint density at radius 3 is 2.08 bits per heavy atom. The molecule has 1 rings (SSSR count). The minimum absolute atomic E-state index is 0.531. The first-order chi connectivity index (χ1) is 6.04. The third kappa shape index (κ3) is 2.50. The van der Waals surface area contributed by atoms with Crippen LogP contribution >= 0.6 is 0 Å². The number of alkyl halides is 3. The predicted octanol–water partition coefficient (Wildman–Crippen LogP) is 3.06. The summed E-state index contributed by atoms with van der Waals surface area (Å²) in [5.41, 5.74) is -0.134. The molecule has 0 atom stereocenters. The number of halogens is 3. The molecule has 1 nitrogen and oxygen atoms in total. The Morgan fingerprint density at radius 2 is 1.69 bits per heavy atom. The van der Waals surface area contributed by atoms with Gasteiger partial charge < -0.3 is 5.32 Å². The maximum atomic E-state index is 12.1. The van der Waals surface area contributed by atoms with Gasteiger partial charge in [0.25, 0.3) is 0 Å². The van der Waals surface area contributed by atoms with Crippen LogP contribution in [0, 0.1) is 6.20 Å². The second-order valence-electron chi connectivity index (χ2n) is 2.38.